The van der Waals surface area contributed by atoms with Gasteiger partial charge in [-0.15, -0.1) is 0 Å². The average molecular weight is 326 g/mol. The first-order valence-electron chi connectivity index (χ1n) is 6.36. The molecule has 0 spiro atoms. The fraction of sp³-hybridized carbons (Fsp3) is 0.500. The molecule has 1 N–H and O–H groups in total. The van der Waals surface area contributed by atoms with Crippen molar-refractivity contribution in [1.29, 1.82) is 0 Å². The summed E-state index contributed by atoms with van der Waals surface area (Å²) in [4.78, 5) is 3.60. The van der Waals surface area contributed by atoms with Gasteiger partial charge in [-0.05, 0) is 32.9 Å². The smallest absolute Gasteiger partial charge is 0.343 e. The monoisotopic (exact) mass is 326 g/mol. The topological polar surface area (TPSA) is 24.4 Å². The van der Waals surface area contributed by atoms with Gasteiger partial charge in [0.15, 0.2) is 0 Å². The van der Waals surface area contributed by atoms with Crippen LogP contribution >= 0.6 is 0 Å². The lowest BCUT2D eigenvalue weighted by molar-refractivity contribution is -0.260. The van der Waals surface area contributed by atoms with Gasteiger partial charge in [0, 0.05) is 5.69 Å². The molecule has 1 aromatic carbocycles. The van der Waals surface area contributed by atoms with Gasteiger partial charge >= 0.3 is 12.4 Å². The Labute approximate surface area is 124 Å². The number of halogens is 6. The van der Waals surface area contributed by atoms with Crippen molar-refractivity contribution >= 4 is 11.5 Å². The van der Waals surface area contributed by atoms with Gasteiger partial charge in [0.25, 0.3) is 0 Å². The normalized spacial score (nSPS) is 14.4. The number of amidine groups is 1. The lowest BCUT2D eigenvalue weighted by Gasteiger charge is -2.27. The minimum Gasteiger partial charge on any atom is -0.343 e. The number of aliphatic imine (C=N–C) groups is 1. The molecule has 0 aliphatic rings. The van der Waals surface area contributed by atoms with Crippen LogP contribution in [0.25, 0.3) is 0 Å². The number of nitrogens with one attached hydrogen (secondary N) is 1. The van der Waals surface area contributed by atoms with E-state index in [1.165, 1.54) is 45.0 Å². The maximum absolute atomic E-state index is 12.9. The zero-order valence-corrected chi connectivity index (χ0v) is 12.2. The van der Waals surface area contributed by atoms with Crippen LogP contribution in [-0.4, -0.2) is 23.7 Å². The molecule has 0 bridgehead atoms. The van der Waals surface area contributed by atoms with E-state index in [0.29, 0.717) is 0 Å². The number of rotatable bonds is 2. The maximum Gasteiger partial charge on any atom is 0.407 e. The molecule has 0 aliphatic carbocycles. The predicted molar refractivity (Wildman–Crippen MR) is 72.9 cm³/mol. The number of hydrogen-bond acceptors (Lipinski definition) is 1. The van der Waals surface area contributed by atoms with Crippen molar-refractivity contribution in [2.24, 2.45) is 10.9 Å². The highest BCUT2D eigenvalue weighted by Gasteiger charge is 2.59. The van der Waals surface area contributed by atoms with E-state index < -0.39 is 29.6 Å². The van der Waals surface area contributed by atoms with Crippen LogP contribution in [0.15, 0.2) is 35.3 Å². The van der Waals surface area contributed by atoms with Crippen molar-refractivity contribution in [3.63, 3.8) is 0 Å². The largest absolute Gasteiger partial charge is 0.407 e. The van der Waals surface area contributed by atoms with Crippen LogP contribution in [0.1, 0.15) is 20.8 Å². The second-order valence-electron chi connectivity index (χ2n) is 5.68. The Kier molecular flexibility index (Phi) is 5.14. The van der Waals surface area contributed by atoms with E-state index in [2.05, 4.69) is 10.3 Å². The molecule has 0 saturated carbocycles. The van der Waals surface area contributed by atoms with Crippen LogP contribution in [0, 0.1) is 5.92 Å². The second-order valence-corrected chi connectivity index (χ2v) is 5.68. The van der Waals surface area contributed by atoms with Gasteiger partial charge in [-0.1, -0.05) is 18.2 Å². The molecular weight excluding hydrogens is 310 g/mol. The number of anilines is 1. The Morgan fingerprint density at radius 3 is 1.73 bits per heavy atom. The fourth-order valence-electron chi connectivity index (χ4n) is 1.69. The Morgan fingerprint density at radius 2 is 1.36 bits per heavy atom. The van der Waals surface area contributed by atoms with Crippen molar-refractivity contribution in [1.82, 2.24) is 0 Å². The van der Waals surface area contributed by atoms with E-state index in [0.717, 1.165) is 0 Å². The summed E-state index contributed by atoms with van der Waals surface area (Å²) in [6, 6.07) is 7.31. The highest BCUT2D eigenvalue weighted by molar-refractivity contribution is 5.98. The van der Waals surface area contributed by atoms with Crippen LogP contribution in [-0.2, 0) is 0 Å². The highest BCUT2D eigenvalue weighted by Crippen LogP contribution is 2.40. The molecule has 22 heavy (non-hydrogen) atoms. The Morgan fingerprint density at radius 1 is 0.909 bits per heavy atom. The maximum atomic E-state index is 12.9. The lowest BCUT2D eigenvalue weighted by Crippen LogP contribution is -2.46. The molecule has 1 aromatic rings. The van der Waals surface area contributed by atoms with E-state index in [1.54, 1.807) is 6.07 Å². The summed E-state index contributed by atoms with van der Waals surface area (Å²) >= 11 is 0. The summed E-state index contributed by atoms with van der Waals surface area (Å²) in [6.45, 7) is 4.26. The second kappa shape index (κ2) is 6.18. The first-order valence-corrected chi connectivity index (χ1v) is 6.36. The Balaban J connectivity index is 3.33. The van der Waals surface area contributed by atoms with Crippen LogP contribution in [0.5, 0.6) is 0 Å². The molecule has 0 fully saturated rings. The SMILES string of the molecule is CC(C)(C)N=C(Nc1ccccc1)C(C(F)(F)F)C(F)(F)F. The summed E-state index contributed by atoms with van der Waals surface area (Å²) in [5.41, 5.74) is -1.00. The molecule has 0 aliphatic heterocycles. The molecular formula is C14H16F6N2. The number of para-hydroxylation sites is 1. The van der Waals surface area contributed by atoms with Crippen molar-refractivity contribution in [3.8, 4) is 0 Å². The fourth-order valence-corrected chi connectivity index (χ4v) is 1.69. The zero-order chi connectivity index (χ0) is 17.2. The van der Waals surface area contributed by atoms with Crippen molar-refractivity contribution in [2.75, 3.05) is 5.32 Å². The molecule has 0 unspecified atom stereocenters. The molecule has 0 amide bonds. The van der Waals surface area contributed by atoms with E-state index in [1.807, 2.05) is 0 Å². The predicted octanol–water partition coefficient (Wildman–Crippen LogP) is 5.04. The first kappa shape index (κ1) is 18.3. The number of benzene rings is 1. The van der Waals surface area contributed by atoms with E-state index in [-0.39, 0.29) is 5.69 Å². The van der Waals surface area contributed by atoms with Crippen LogP contribution in [0.3, 0.4) is 0 Å². The number of alkyl halides is 6. The first-order chi connectivity index (χ1) is 9.81. The molecule has 2 nitrogen and oxygen atoms in total. The summed E-state index contributed by atoms with van der Waals surface area (Å²) in [6.07, 6.45) is -11.0. The lowest BCUT2D eigenvalue weighted by atomic mass is 10.0. The Bertz CT molecular complexity index is 497. The van der Waals surface area contributed by atoms with Crippen molar-refractivity contribution in [3.05, 3.63) is 30.3 Å². The molecule has 0 aromatic heterocycles. The van der Waals surface area contributed by atoms with E-state index in [4.69, 9.17) is 0 Å². The third-order valence-corrected chi connectivity index (χ3v) is 2.43. The quantitative estimate of drug-likeness (QED) is 0.460. The molecule has 0 radical (unpaired) electrons. The highest BCUT2D eigenvalue weighted by atomic mass is 19.4. The van der Waals surface area contributed by atoms with Crippen LogP contribution in [0.2, 0.25) is 0 Å². The van der Waals surface area contributed by atoms with E-state index in [9.17, 15) is 26.3 Å². The van der Waals surface area contributed by atoms with E-state index >= 15 is 0 Å². The van der Waals surface area contributed by atoms with Crippen molar-refractivity contribution in [2.45, 2.75) is 38.7 Å². The van der Waals surface area contributed by atoms with Gasteiger partial charge in [0.1, 0.15) is 5.84 Å². The van der Waals surface area contributed by atoms with Gasteiger partial charge in [-0.2, -0.15) is 26.3 Å². The van der Waals surface area contributed by atoms with Gasteiger partial charge in [-0.3, -0.25) is 4.99 Å². The van der Waals surface area contributed by atoms with Crippen LogP contribution < -0.4 is 5.32 Å². The van der Waals surface area contributed by atoms with Gasteiger partial charge < -0.3 is 5.32 Å². The average Bonchev–Trinajstić information content (AvgIpc) is 2.23. The van der Waals surface area contributed by atoms with Gasteiger partial charge in [0.2, 0.25) is 5.92 Å². The molecule has 0 saturated heterocycles. The standard InChI is InChI=1S/C14H16F6N2/c1-12(2,3)22-11(21-9-7-5-4-6-8-9)10(13(15,16)17)14(18,19)20/h4-8,10H,1-3H3,(H,21,22). The third kappa shape index (κ3) is 5.57. The van der Waals surface area contributed by atoms with Gasteiger partial charge in [-0.25, -0.2) is 0 Å². The van der Waals surface area contributed by atoms with Crippen molar-refractivity contribution < 1.29 is 26.3 Å². The number of nitrogens with zero attached hydrogens (tertiary/aromatic N) is 1. The molecule has 1 rings (SSSR count). The molecule has 0 atom stereocenters. The minimum atomic E-state index is -5.50. The summed E-state index contributed by atoms with van der Waals surface area (Å²) in [7, 11) is 0. The summed E-state index contributed by atoms with van der Waals surface area (Å²) in [5, 5.41) is 2.16. The molecule has 0 heterocycles. The molecule has 8 heteroatoms. The van der Waals surface area contributed by atoms with Gasteiger partial charge in [0.05, 0.1) is 5.54 Å². The minimum absolute atomic E-state index is 0.101. The summed E-state index contributed by atoms with van der Waals surface area (Å²) < 4.78 is 77.4. The Hall–Kier alpha value is -1.73. The summed E-state index contributed by atoms with van der Waals surface area (Å²) in [5.74, 6) is -4.84. The molecule has 124 valence electrons. The number of hydrogen-bond donors (Lipinski definition) is 1. The van der Waals surface area contributed by atoms with Crippen LogP contribution in [0.4, 0.5) is 32.0 Å². The zero-order valence-electron chi connectivity index (χ0n) is 12.2. The third-order valence-electron chi connectivity index (χ3n) is 2.43.